The van der Waals surface area contributed by atoms with Crippen molar-refractivity contribution in [2.24, 2.45) is 5.92 Å². The molecule has 246 valence electrons. The van der Waals surface area contributed by atoms with Gasteiger partial charge >= 0.3 is 5.97 Å². The van der Waals surface area contributed by atoms with E-state index in [1.807, 2.05) is 17.0 Å². The summed E-state index contributed by atoms with van der Waals surface area (Å²) in [4.78, 5) is 31.0. The number of amides is 1. The number of hydrogen-bond donors (Lipinski definition) is 1. The summed E-state index contributed by atoms with van der Waals surface area (Å²) in [5.41, 5.74) is 1.82. The molecule has 0 unspecified atom stereocenters. The quantitative estimate of drug-likeness (QED) is 0.332. The fraction of sp³-hybridized carbons (Fsp3) is 0.576. The highest BCUT2D eigenvalue weighted by atomic mass is 32.2. The molecule has 3 aliphatic rings. The molecule has 2 aromatic rings. The summed E-state index contributed by atoms with van der Waals surface area (Å²) in [6.07, 6.45) is 4.07. The van der Waals surface area contributed by atoms with Crippen molar-refractivity contribution in [3.63, 3.8) is 0 Å². The number of rotatable bonds is 13. The fourth-order valence-electron chi connectivity index (χ4n) is 7.21. The van der Waals surface area contributed by atoms with Crippen LogP contribution in [0.4, 0.5) is 10.1 Å². The number of halogens is 1. The lowest BCUT2D eigenvalue weighted by Gasteiger charge is -2.35. The minimum atomic E-state index is -3.38. The summed E-state index contributed by atoms with van der Waals surface area (Å²) in [7, 11) is -3.38. The molecule has 0 aromatic heterocycles. The molecular formula is C33H44FN3O7S. The number of carbonyl (C=O) groups is 2. The average molecular weight is 646 g/mol. The van der Waals surface area contributed by atoms with Crippen molar-refractivity contribution in [3.8, 4) is 11.5 Å². The number of aryl methyl sites for hydroxylation is 1. The molecular weight excluding hydrogens is 601 g/mol. The second-order valence-electron chi connectivity index (χ2n) is 12.4. The summed E-state index contributed by atoms with van der Waals surface area (Å²) in [6, 6.07) is 9.43. The number of hydrogen-bond acceptors (Lipinski definition) is 7. The SMILES string of the molecule is CCCC(CCC)N(C(=O)CN1C[C@H](c2ccc3c(c2)OCO3)[C@@H](C(=O)O)[C@@H]1CCN1CCCS1(=O)=O)c1ccc(F)c(C)c1. The van der Waals surface area contributed by atoms with E-state index in [0.717, 1.165) is 31.2 Å². The Balaban J connectivity index is 1.49. The number of carboxylic acid groups (broad SMARTS) is 1. The fourth-order valence-corrected chi connectivity index (χ4v) is 8.75. The van der Waals surface area contributed by atoms with Gasteiger partial charge in [0.2, 0.25) is 22.7 Å². The number of sulfonamides is 1. The van der Waals surface area contributed by atoms with Crippen LogP contribution in [0.5, 0.6) is 11.5 Å². The zero-order valence-electron chi connectivity index (χ0n) is 26.3. The lowest BCUT2D eigenvalue weighted by atomic mass is 9.84. The van der Waals surface area contributed by atoms with Gasteiger partial charge in [0.15, 0.2) is 11.5 Å². The highest BCUT2D eigenvalue weighted by Gasteiger charge is 2.48. The first-order valence-electron chi connectivity index (χ1n) is 16.0. The minimum Gasteiger partial charge on any atom is -0.481 e. The van der Waals surface area contributed by atoms with E-state index in [0.29, 0.717) is 42.3 Å². The lowest BCUT2D eigenvalue weighted by molar-refractivity contribution is -0.143. The van der Waals surface area contributed by atoms with Crippen molar-refractivity contribution in [2.45, 2.75) is 77.3 Å². The zero-order valence-corrected chi connectivity index (χ0v) is 27.1. The number of benzene rings is 2. The molecule has 2 saturated heterocycles. The second kappa shape index (κ2) is 14.0. The third-order valence-corrected chi connectivity index (χ3v) is 11.3. The van der Waals surface area contributed by atoms with Gasteiger partial charge in [-0.3, -0.25) is 14.5 Å². The second-order valence-corrected chi connectivity index (χ2v) is 14.5. The van der Waals surface area contributed by atoms with Gasteiger partial charge in [0.25, 0.3) is 0 Å². The van der Waals surface area contributed by atoms with Gasteiger partial charge in [0.1, 0.15) is 5.82 Å². The van der Waals surface area contributed by atoms with Crippen molar-refractivity contribution in [2.75, 3.05) is 43.6 Å². The highest BCUT2D eigenvalue weighted by Crippen LogP contribution is 2.43. The topological polar surface area (TPSA) is 117 Å². The van der Waals surface area contributed by atoms with Crippen molar-refractivity contribution in [1.29, 1.82) is 0 Å². The van der Waals surface area contributed by atoms with Crippen LogP contribution in [0.3, 0.4) is 0 Å². The first kappa shape index (κ1) is 33.2. The van der Waals surface area contributed by atoms with E-state index in [-0.39, 0.29) is 49.8 Å². The maximum absolute atomic E-state index is 14.4. The molecule has 0 radical (unpaired) electrons. The van der Waals surface area contributed by atoms with E-state index in [1.54, 1.807) is 30.0 Å². The minimum absolute atomic E-state index is 0.0530. The molecule has 5 rings (SSSR count). The molecule has 10 nitrogen and oxygen atoms in total. The number of fused-ring (bicyclic) bond motifs is 1. The van der Waals surface area contributed by atoms with Gasteiger partial charge in [-0.15, -0.1) is 0 Å². The predicted molar refractivity (Wildman–Crippen MR) is 169 cm³/mol. The van der Waals surface area contributed by atoms with Crippen molar-refractivity contribution in [3.05, 3.63) is 53.3 Å². The first-order chi connectivity index (χ1) is 21.5. The van der Waals surface area contributed by atoms with Crippen LogP contribution in [-0.2, 0) is 19.6 Å². The third kappa shape index (κ3) is 7.12. The molecule has 3 heterocycles. The van der Waals surface area contributed by atoms with Gasteiger partial charge in [-0.25, -0.2) is 17.1 Å². The van der Waals surface area contributed by atoms with E-state index in [2.05, 4.69) is 13.8 Å². The van der Waals surface area contributed by atoms with Gasteiger partial charge in [-0.05, 0) is 74.1 Å². The average Bonchev–Trinajstić information content (AvgIpc) is 3.70. The number of nitrogens with zero attached hydrogens (tertiary/aromatic N) is 3. The Bertz CT molecular complexity index is 1500. The molecule has 3 atom stereocenters. The van der Waals surface area contributed by atoms with Gasteiger partial charge in [-0.2, -0.15) is 0 Å². The van der Waals surface area contributed by atoms with E-state index >= 15 is 0 Å². The Morgan fingerprint density at radius 2 is 1.82 bits per heavy atom. The van der Waals surface area contributed by atoms with E-state index < -0.39 is 33.9 Å². The predicted octanol–water partition coefficient (Wildman–Crippen LogP) is 4.76. The molecule has 2 aromatic carbocycles. The summed E-state index contributed by atoms with van der Waals surface area (Å²) in [6.45, 7) is 6.73. The Morgan fingerprint density at radius 1 is 1.09 bits per heavy atom. The van der Waals surface area contributed by atoms with Crippen LogP contribution in [0.1, 0.15) is 69.4 Å². The van der Waals surface area contributed by atoms with Crippen LogP contribution in [0.15, 0.2) is 36.4 Å². The van der Waals surface area contributed by atoms with Gasteiger partial charge in [-0.1, -0.05) is 32.8 Å². The van der Waals surface area contributed by atoms with Crippen LogP contribution in [0, 0.1) is 18.7 Å². The number of carboxylic acids is 1. The maximum Gasteiger partial charge on any atom is 0.308 e. The van der Waals surface area contributed by atoms with Gasteiger partial charge in [0, 0.05) is 43.3 Å². The van der Waals surface area contributed by atoms with E-state index in [4.69, 9.17) is 9.47 Å². The highest BCUT2D eigenvalue weighted by molar-refractivity contribution is 7.89. The molecule has 0 saturated carbocycles. The number of ether oxygens (including phenoxy) is 2. The normalized spacial score (nSPS) is 22.7. The molecule has 1 amide bonds. The Hall–Kier alpha value is -3.22. The monoisotopic (exact) mass is 645 g/mol. The number of aliphatic carboxylic acids is 1. The van der Waals surface area contributed by atoms with E-state index in [9.17, 15) is 27.5 Å². The Kier molecular flexibility index (Phi) is 10.3. The third-order valence-electron chi connectivity index (χ3n) is 9.37. The molecule has 0 aliphatic carbocycles. The van der Waals surface area contributed by atoms with Crippen LogP contribution in [0.2, 0.25) is 0 Å². The molecule has 2 fully saturated rings. The Labute approximate surface area is 265 Å². The van der Waals surface area contributed by atoms with Crippen LogP contribution in [0.25, 0.3) is 0 Å². The van der Waals surface area contributed by atoms with Gasteiger partial charge < -0.3 is 19.5 Å². The smallest absolute Gasteiger partial charge is 0.308 e. The standard InChI is InChI=1S/C33H44FN3O7S/c1-4-7-24(8-5-2)37(25-10-11-27(34)22(3)17-25)31(38)20-35-19-26(23-9-12-29-30(18-23)44-21-43-29)32(33(39)40)28(35)13-15-36-14-6-16-45(36,41)42/h9-12,17-18,24,26,28,32H,4-8,13-16,19-21H2,1-3H3,(H,39,40)/t26-,28+,32-/m1/s1. The molecule has 0 spiro atoms. The summed E-state index contributed by atoms with van der Waals surface area (Å²) >= 11 is 0. The first-order valence-corrected chi connectivity index (χ1v) is 17.6. The van der Waals surface area contributed by atoms with Crippen molar-refractivity contribution < 1.29 is 37.0 Å². The van der Waals surface area contributed by atoms with Crippen molar-refractivity contribution >= 4 is 27.6 Å². The molecule has 1 N–H and O–H groups in total. The van der Waals surface area contributed by atoms with Crippen LogP contribution < -0.4 is 14.4 Å². The number of carbonyl (C=O) groups excluding carboxylic acids is 1. The van der Waals surface area contributed by atoms with E-state index in [1.165, 1.54) is 10.4 Å². The van der Waals surface area contributed by atoms with Crippen LogP contribution in [-0.4, -0.2) is 85.4 Å². The largest absolute Gasteiger partial charge is 0.481 e. The number of anilines is 1. The summed E-state index contributed by atoms with van der Waals surface area (Å²) < 4.78 is 52.0. The maximum atomic E-state index is 14.4. The van der Waals surface area contributed by atoms with Crippen LogP contribution >= 0.6 is 0 Å². The summed E-state index contributed by atoms with van der Waals surface area (Å²) in [5.74, 6) is -1.66. The molecule has 0 bridgehead atoms. The zero-order chi connectivity index (χ0) is 32.3. The summed E-state index contributed by atoms with van der Waals surface area (Å²) in [5, 5.41) is 10.6. The van der Waals surface area contributed by atoms with Crippen molar-refractivity contribution in [1.82, 2.24) is 9.21 Å². The van der Waals surface area contributed by atoms with Gasteiger partial charge in [0.05, 0.1) is 18.2 Å². The number of likely N-dealkylation sites (tertiary alicyclic amines) is 1. The lowest BCUT2D eigenvalue weighted by Crippen LogP contribution is -2.48. The molecule has 12 heteroatoms. The molecule has 3 aliphatic heterocycles. The Morgan fingerprint density at radius 3 is 2.47 bits per heavy atom. The molecule has 45 heavy (non-hydrogen) atoms.